The summed E-state index contributed by atoms with van der Waals surface area (Å²) in [6, 6.07) is 10.7. The predicted molar refractivity (Wildman–Crippen MR) is 55.0 cm³/mol. The van der Waals surface area contributed by atoms with Crippen LogP contribution in [0.4, 0.5) is 0 Å². The van der Waals surface area contributed by atoms with E-state index in [4.69, 9.17) is 0 Å². The van der Waals surface area contributed by atoms with E-state index in [9.17, 15) is 4.79 Å². The van der Waals surface area contributed by atoms with Gasteiger partial charge in [0.2, 0.25) is 0 Å². The molecule has 3 atom stereocenters. The average molecular weight is 186 g/mol. The van der Waals surface area contributed by atoms with E-state index in [1.807, 2.05) is 0 Å². The maximum absolute atomic E-state index is 11.4. The Morgan fingerprint density at radius 3 is 2.43 bits per heavy atom. The topological polar surface area (TPSA) is 17.1 Å². The summed E-state index contributed by atoms with van der Waals surface area (Å²) in [5.41, 5.74) is 1.44. The fourth-order valence-corrected chi connectivity index (χ4v) is 3.15. The highest BCUT2D eigenvalue weighted by Gasteiger charge is 2.45. The van der Waals surface area contributed by atoms with Gasteiger partial charge in [-0.05, 0) is 30.2 Å². The molecule has 2 bridgehead atoms. The maximum Gasteiger partial charge on any atom is 0.136 e. The second kappa shape index (κ2) is 2.94. The molecule has 0 radical (unpaired) electrons. The molecule has 2 aliphatic rings. The van der Waals surface area contributed by atoms with Gasteiger partial charge >= 0.3 is 0 Å². The van der Waals surface area contributed by atoms with Crippen LogP contribution in [0.15, 0.2) is 30.3 Å². The van der Waals surface area contributed by atoms with Gasteiger partial charge in [-0.25, -0.2) is 0 Å². The number of benzene rings is 1. The van der Waals surface area contributed by atoms with E-state index in [1.165, 1.54) is 5.56 Å². The smallest absolute Gasteiger partial charge is 0.136 e. The fraction of sp³-hybridized carbons (Fsp3) is 0.462. The van der Waals surface area contributed by atoms with Gasteiger partial charge in [-0.1, -0.05) is 30.3 Å². The van der Waals surface area contributed by atoms with Crippen molar-refractivity contribution < 1.29 is 4.79 Å². The van der Waals surface area contributed by atoms with Gasteiger partial charge in [-0.3, -0.25) is 4.79 Å². The van der Waals surface area contributed by atoms with Crippen molar-refractivity contribution in [3.8, 4) is 0 Å². The molecule has 0 amide bonds. The Labute approximate surface area is 84.1 Å². The first-order valence-electron chi connectivity index (χ1n) is 5.42. The predicted octanol–water partition coefficient (Wildman–Crippen LogP) is 2.77. The molecule has 0 saturated heterocycles. The molecule has 0 N–H and O–H groups in total. The van der Waals surface area contributed by atoms with Crippen LogP contribution in [-0.2, 0) is 4.79 Å². The van der Waals surface area contributed by atoms with E-state index < -0.39 is 0 Å². The van der Waals surface area contributed by atoms with Crippen LogP contribution < -0.4 is 0 Å². The molecule has 1 nitrogen and oxygen atoms in total. The summed E-state index contributed by atoms with van der Waals surface area (Å²) < 4.78 is 0. The van der Waals surface area contributed by atoms with Crippen molar-refractivity contribution in [1.29, 1.82) is 0 Å². The maximum atomic E-state index is 11.4. The van der Waals surface area contributed by atoms with Crippen molar-refractivity contribution in [3.63, 3.8) is 0 Å². The number of carbonyl (C=O) groups excluding carboxylic acids is 1. The third-order valence-corrected chi connectivity index (χ3v) is 3.84. The lowest BCUT2D eigenvalue weighted by Crippen LogP contribution is -2.15. The molecule has 0 aromatic heterocycles. The Morgan fingerprint density at radius 2 is 1.86 bits per heavy atom. The zero-order valence-corrected chi connectivity index (χ0v) is 8.15. The van der Waals surface area contributed by atoms with Gasteiger partial charge in [-0.15, -0.1) is 0 Å². The van der Waals surface area contributed by atoms with E-state index in [2.05, 4.69) is 30.3 Å². The molecule has 0 heterocycles. The fourth-order valence-electron chi connectivity index (χ4n) is 3.15. The van der Waals surface area contributed by atoms with E-state index >= 15 is 0 Å². The van der Waals surface area contributed by atoms with Crippen LogP contribution in [0, 0.1) is 11.8 Å². The molecule has 1 heteroatoms. The van der Waals surface area contributed by atoms with E-state index in [0.29, 0.717) is 23.5 Å². The van der Waals surface area contributed by atoms with Crippen LogP contribution in [0.1, 0.15) is 30.7 Å². The molecule has 72 valence electrons. The first-order valence-corrected chi connectivity index (χ1v) is 5.42. The minimum Gasteiger partial charge on any atom is -0.299 e. The number of hydrogen-bond donors (Lipinski definition) is 0. The number of hydrogen-bond acceptors (Lipinski definition) is 1. The summed E-state index contributed by atoms with van der Waals surface area (Å²) >= 11 is 0. The first kappa shape index (κ1) is 8.22. The van der Waals surface area contributed by atoms with Crippen LogP contribution in [0.3, 0.4) is 0 Å². The Hall–Kier alpha value is -1.11. The molecule has 0 spiro atoms. The number of carbonyl (C=O) groups is 1. The lowest BCUT2D eigenvalue weighted by Gasteiger charge is -2.21. The average Bonchev–Trinajstić information content (AvgIpc) is 2.77. The lowest BCUT2D eigenvalue weighted by molar-refractivity contribution is -0.121. The van der Waals surface area contributed by atoms with Gasteiger partial charge in [0.1, 0.15) is 5.78 Å². The van der Waals surface area contributed by atoms with Crippen LogP contribution >= 0.6 is 0 Å². The second-order valence-corrected chi connectivity index (χ2v) is 4.62. The standard InChI is InChI=1S/C13H14O/c14-13-8-10-6-11(13)7-12(10)9-4-2-1-3-5-9/h1-5,10-12H,6-8H2/t10-,11-,12-/m0/s1. The Kier molecular flexibility index (Phi) is 1.73. The van der Waals surface area contributed by atoms with Crippen LogP contribution in [0.25, 0.3) is 0 Å². The number of ketones is 1. The Bertz CT molecular complexity index is 355. The quantitative estimate of drug-likeness (QED) is 0.659. The summed E-state index contributed by atoms with van der Waals surface area (Å²) in [6.45, 7) is 0. The highest BCUT2D eigenvalue weighted by Crippen LogP contribution is 2.50. The van der Waals surface area contributed by atoms with Crippen molar-refractivity contribution in [1.82, 2.24) is 0 Å². The second-order valence-electron chi connectivity index (χ2n) is 4.62. The molecule has 0 unspecified atom stereocenters. The minimum absolute atomic E-state index is 0.394. The zero-order chi connectivity index (χ0) is 9.54. The summed E-state index contributed by atoms with van der Waals surface area (Å²) in [5.74, 6) is 2.22. The van der Waals surface area contributed by atoms with Gasteiger partial charge in [0, 0.05) is 12.3 Å². The minimum atomic E-state index is 0.394. The zero-order valence-electron chi connectivity index (χ0n) is 8.15. The highest BCUT2D eigenvalue weighted by molar-refractivity contribution is 5.84. The van der Waals surface area contributed by atoms with Gasteiger partial charge < -0.3 is 0 Å². The van der Waals surface area contributed by atoms with Crippen molar-refractivity contribution in [2.45, 2.75) is 25.2 Å². The lowest BCUT2D eigenvalue weighted by atomic mass is 9.83. The highest BCUT2D eigenvalue weighted by atomic mass is 16.1. The summed E-state index contributed by atoms with van der Waals surface area (Å²) in [6.07, 6.45) is 3.09. The SMILES string of the molecule is O=C1C[C@@H]2C[C@H]1C[C@H]2c1ccccc1. The van der Waals surface area contributed by atoms with Crippen molar-refractivity contribution >= 4 is 5.78 Å². The molecule has 1 aromatic rings. The number of rotatable bonds is 1. The first-order chi connectivity index (χ1) is 6.84. The molecule has 2 fully saturated rings. The van der Waals surface area contributed by atoms with Gasteiger partial charge in [0.15, 0.2) is 0 Å². The number of fused-ring (bicyclic) bond motifs is 2. The molecular weight excluding hydrogens is 172 g/mol. The van der Waals surface area contributed by atoms with Crippen LogP contribution in [0.2, 0.25) is 0 Å². The molecule has 0 aliphatic heterocycles. The van der Waals surface area contributed by atoms with E-state index in [1.54, 1.807) is 0 Å². The molecule has 2 aliphatic carbocycles. The normalized spacial score (nSPS) is 35.1. The third kappa shape index (κ3) is 1.12. The Morgan fingerprint density at radius 1 is 1.07 bits per heavy atom. The van der Waals surface area contributed by atoms with E-state index in [0.717, 1.165) is 19.3 Å². The van der Waals surface area contributed by atoms with Gasteiger partial charge in [-0.2, -0.15) is 0 Å². The van der Waals surface area contributed by atoms with E-state index in [-0.39, 0.29) is 0 Å². The largest absolute Gasteiger partial charge is 0.299 e. The van der Waals surface area contributed by atoms with Crippen molar-refractivity contribution in [2.75, 3.05) is 0 Å². The summed E-state index contributed by atoms with van der Waals surface area (Å²) in [4.78, 5) is 11.4. The number of Topliss-reactive ketones (excluding diaryl/α,β-unsaturated/α-hetero) is 1. The molecule has 1 aromatic carbocycles. The van der Waals surface area contributed by atoms with Gasteiger partial charge in [0.25, 0.3) is 0 Å². The third-order valence-electron chi connectivity index (χ3n) is 3.84. The Balaban J connectivity index is 1.87. The van der Waals surface area contributed by atoms with Crippen LogP contribution in [-0.4, -0.2) is 5.78 Å². The molecular formula is C13H14O. The summed E-state index contributed by atoms with van der Waals surface area (Å²) in [5, 5.41) is 0. The molecule has 2 saturated carbocycles. The van der Waals surface area contributed by atoms with Crippen LogP contribution in [0.5, 0.6) is 0 Å². The van der Waals surface area contributed by atoms with Crippen molar-refractivity contribution in [2.24, 2.45) is 11.8 Å². The summed E-state index contributed by atoms with van der Waals surface area (Å²) in [7, 11) is 0. The molecule has 3 rings (SSSR count). The molecule has 14 heavy (non-hydrogen) atoms. The van der Waals surface area contributed by atoms with Crippen molar-refractivity contribution in [3.05, 3.63) is 35.9 Å². The monoisotopic (exact) mass is 186 g/mol. The van der Waals surface area contributed by atoms with Gasteiger partial charge in [0.05, 0.1) is 0 Å².